The van der Waals surface area contributed by atoms with Crippen molar-refractivity contribution < 1.29 is 24.3 Å². The maximum Gasteiger partial charge on any atom is 0.326 e. The number of nitrogens with one attached hydrogen (secondary N) is 2. The number of rotatable bonds is 11. The number of carboxylic acid groups (broad SMARTS) is 1. The van der Waals surface area contributed by atoms with Crippen molar-refractivity contribution in [3.8, 4) is 0 Å². The molecule has 0 bridgehead atoms. The van der Waals surface area contributed by atoms with E-state index in [1.807, 2.05) is 12.2 Å². The summed E-state index contributed by atoms with van der Waals surface area (Å²) in [7, 11) is 0. The van der Waals surface area contributed by atoms with Gasteiger partial charge in [0.15, 0.2) is 0 Å². The van der Waals surface area contributed by atoms with Crippen LogP contribution < -0.4 is 16.4 Å². The molecule has 0 aromatic rings. The SMILES string of the molecule is CCCCC/C=C\C(C)[C@@H](NC(=O)[C@@H]1CCCN1C(=O)CNC(N)=O)C(=O)O. The number of carbonyl (C=O) groups is 4. The van der Waals surface area contributed by atoms with Gasteiger partial charge in [0.2, 0.25) is 11.8 Å². The molecule has 0 aliphatic carbocycles. The highest BCUT2D eigenvalue weighted by Gasteiger charge is 2.36. The molecule has 5 N–H and O–H groups in total. The minimum Gasteiger partial charge on any atom is -0.480 e. The zero-order chi connectivity index (χ0) is 21.1. The summed E-state index contributed by atoms with van der Waals surface area (Å²) in [5, 5.41) is 14.3. The highest BCUT2D eigenvalue weighted by molar-refractivity contribution is 5.92. The fourth-order valence-electron chi connectivity index (χ4n) is 3.20. The van der Waals surface area contributed by atoms with E-state index in [0.29, 0.717) is 19.4 Å². The van der Waals surface area contributed by atoms with E-state index in [0.717, 1.165) is 25.7 Å². The van der Waals surface area contributed by atoms with Gasteiger partial charge < -0.3 is 26.4 Å². The molecule has 1 fully saturated rings. The number of carbonyl (C=O) groups excluding carboxylic acids is 3. The lowest BCUT2D eigenvalue weighted by atomic mass is 10.00. The van der Waals surface area contributed by atoms with Crippen molar-refractivity contribution in [2.24, 2.45) is 11.7 Å². The normalized spacial score (nSPS) is 18.6. The second kappa shape index (κ2) is 12.0. The van der Waals surface area contributed by atoms with Crippen LogP contribution in [0.4, 0.5) is 4.79 Å². The third kappa shape index (κ3) is 7.58. The summed E-state index contributed by atoms with van der Waals surface area (Å²) in [5.41, 5.74) is 4.96. The predicted octanol–water partition coefficient (Wildman–Crippen LogP) is 0.988. The van der Waals surface area contributed by atoms with Gasteiger partial charge in [-0.1, -0.05) is 38.8 Å². The molecule has 1 heterocycles. The zero-order valence-corrected chi connectivity index (χ0v) is 16.6. The number of allylic oxidation sites excluding steroid dienone is 1. The topological polar surface area (TPSA) is 142 Å². The lowest BCUT2D eigenvalue weighted by Crippen LogP contribution is -2.53. The van der Waals surface area contributed by atoms with Gasteiger partial charge in [-0.2, -0.15) is 0 Å². The van der Waals surface area contributed by atoms with Crippen LogP contribution in [0.1, 0.15) is 52.4 Å². The maximum absolute atomic E-state index is 12.6. The van der Waals surface area contributed by atoms with Crippen molar-refractivity contribution in [2.75, 3.05) is 13.1 Å². The van der Waals surface area contributed by atoms with Crippen molar-refractivity contribution in [3.63, 3.8) is 0 Å². The summed E-state index contributed by atoms with van der Waals surface area (Å²) < 4.78 is 0. The van der Waals surface area contributed by atoms with Crippen LogP contribution in [0, 0.1) is 5.92 Å². The predicted molar refractivity (Wildman–Crippen MR) is 104 cm³/mol. The number of likely N-dealkylation sites (tertiary alicyclic amines) is 1. The summed E-state index contributed by atoms with van der Waals surface area (Å²) in [5.74, 6) is -2.42. The van der Waals surface area contributed by atoms with Crippen LogP contribution in [0.25, 0.3) is 0 Å². The molecule has 1 aliphatic rings. The highest BCUT2D eigenvalue weighted by Crippen LogP contribution is 2.18. The third-order valence-electron chi connectivity index (χ3n) is 4.79. The molecule has 9 nitrogen and oxygen atoms in total. The Labute approximate surface area is 165 Å². The van der Waals surface area contributed by atoms with Gasteiger partial charge in [0, 0.05) is 12.5 Å². The molecule has 0 saturated carbocycles. The molecule has 1 rings (SSSR count). The Morgan fingerprint density at radius 1 is 1.29 bits per heavy atom. The van der Waals surface area contributed by atoms with E-state index in [1.165, 1.54) is 4.90 Å². The summed E-state index contributed by atoms with van der Waals surface area (Å²) in [6, 6.07) is -2.64. The van der Waals surface area contributed by atoms with E-state index in [1.54, 1.807) is 6.92 Å². The lowest BCUT2D eigenvalue weighted by Gasteiger charge is -2.26. The average molecular weight is 396 g/mol. The number of nitrogens with two attached hydrogens (primary N) is 1. The summed E-state index contributed by atoms with van der Waals surface area (Å²) in [6.45, 7) is 3.94. The van der Waals surface area contributed by atoms with E-state index in [9.17, 15) is 24.3 Å². The van der Waals surface area contributed by atoms with Gasteiger partial charge in [-0.25, -0.2) is 9.59 Å². The van der Waals surface area contributed by atoms with Crippen molar-refractivity contribution in [1.29, 1.82) is 0 Å². The Morgan fingerprint density at radius 3 is 2.61 bits per heavy atom. The van der Waals surface area contributed by atoms with Gasteiger partial charge in [-0.3, -0.25) is 9.59 Å². The van der Waals surface area contributed by atoms with Crippen LogP contribution in [0.5, 0.6) is 0 Å². The maximum atomic E-state index is 12.6. The van der Waals surface area contributed by atoms with Crippen LogP contribution in [-0.2, 0) is 14.4 Å². The number of urea groups is 1. The van der Waals surface area contributed by atoms with Crippen LogP contribution in [-0.4, -0.2) is 59.0 Å². The Bertz CT molecular complexity index is 593. The molecule has 1 aliphatic heterocycles. The van der Waals surface area contributed by atoms with Crippen LogP contribution in [0.3, 0.4) is 0 Å². The van der Waals surface area contributed by atoms with Crippen LogP contribution in [0.2, 0.25) is 0 Å². The van der Waals surface area contributed by atoms with Gasteiger partial charge in [0.05, 0.1) is 6.54 Å². The molecule has 3 atom stereocenters. The summed E-state index contributed by atoms with van der Waals surface area (Å²) >= 11 is 0. The standard InChI is InChI=1S/C19H32N4O5/c1-3-4-5-6-7-9-13(2)16(18(26)27)22-17(25)14-10-8-11-23(14)15(24)12-21-19(20)28/h7,9,13-14,16H,3-6,8,10-12H2,1-2H3,(H,22,25)(H,26,27)(H3,20,21,28)/b9-7-/t13?,14-,16+/m0/s1. The first-order valence-corrected chi connectivity index (χ1v) is 9.80. The van der Waals surface area contributed by atoms with Gasteiger partial charge in [0.25, 0.3) is 0 Å². The number of unbranched alkanes of at least 4 members (excludes halogenated alkanes) is 3. The minimum absolute atomic E-state index is 0.293. The lowest BCUT2D eigenvalue weighted by molar-refractivity contribution is -0.144. The molecule has 0 spiro atoms. The second-order valence-electron chi connectivity index (χ2n) is 7.07. The highest BCUT2D eigenvalue weighted by atomic mass is 16.4. The smallest absolute Gasteiger partial charge is 0.326 e. The van der Waals surface area contributed by atoms with Crippen LogP contribution in [0.15, 0.2) is 12.2 Å². The first-order valence-electron chi connectivity index (χ1n) is 9.80. The van der Waals surface area contributed by atoms with Crippen molar-refractivity contribution in [3.05, 3.63) is 12.2 Å². The molecule has 1 unspecified atom stereocenters. The molecule has 9 heteroatoms. The quantitative estimate of drug-likeness (QED) is 0.304. The van der Waals surface area contributed by atoms with Crippen molar-refractivity contribution in [2.45, 2.75) is 64.5 Å². The number of carboxylic acids is 1. The Hall–Kier alpha value is -2.58. The minimum atomic E-state index is -1.12. The number of nitrogens with zero attached hydrogens (tertiary/aromatic N) is 1. The third-order valence-corrected chi connectivity index (χ3v) is 4.79. The van der Waals surface area contributed by atoms with E-state index >= 15 is 0 Å². The second-order valence-corrected chi connectivity index (χ2v) is 7.07. The van der Waals surface area contributed by atoms with Crippen molar-refractivity contribution >= 4 is 23.8 Å². The molecule has 0 aromatic heterocycles. The number of aliphatic carboxylic acids is 1. The molecule has 28 heavy (non-hydrogen) atoms. The van der Waals surface area contributed by atoms with Crippen molar-refractivity contribution in [1.82, 2.24) is 15.5 Å². The Morgan fingerprint density at radius 2 is 2.00 bits per heavy atom. The zero-order valence-electron chi connectivity index (χ0n) is 16.6. The number of hydrogen-bond acceptors (Lipinski definition) is 4. The van der Waals surface area contributed by atoms with Gasteiger partial charge in [-0.15, -0.1) is 0 Å². The monoisotopic (exact) mass is 396 g/mol. The molecule has 1 saturated heterocycles. The molecule has 4 amide bonds. The molecular formula is C19H32N4O5. The number of amides is 4. The Balaban J connectivity index is 2.67. The Kier molecular flexibility index (Phi) is 10.0. The van der Waals surface area contributed by atoms with Gasteiger partial charge >= 0.3 is 12.0 Å². The first-order chi connectivity index (χ1) is 13.3. The number of hydrogen-bond donors (Lipinski definition) is 4. The van der Waals surface area contributed by atoms with E-state index in [2.05, 4.69) is 17.6 Å². The summed E-state index contributed by atoms with van der Waals surface area (Å²) in [6.07, 6.45) is 8.98. The molecule has 158 valence electrons. The molecule has 0 radical (unpaired) electrons. The number of primary amides is 1. The average Bonchev–Trinajstić information content (AvgIpc) is 3.13. The largest absolute Gasteiger partial charge is 0.480 e. The van der Waals surface area contributed by atoms with Gasteiger partial charge in [0.1, 0.15) is 12.1 Å². The van der Waals surface area contributed by atoms with Gasteiger partial charge in [-0.05, 0) is 25.7 Å². The van der Waals surface area contributed by atoms with E-state index < -0.39 is 35.9 Å². The first kappa shape index (κ1) is 23.5. The fourth-order valence-corrected chi connectivity index (χ4v) is 3.20. The summed E-state index contributed by atoms with van der Waals surface area (Å²) in [4.78, 5) is 48.6. The molecule has 0 aromatic carbocycles. The van der Waals surface area contributed by atoms with E-state index in [4.69, 9.17) is 5.73 Å². The fraction of sp³-hybridized carbons (Fsp3) is 0.684. The molecular weight excluding hydrogens is 364 g/mol. The van der Waals surface area contributed by atoms with E-state index in [-0.39, 0.29) is 12.5 Å². The van der Waals surface area contributed by atoms with Crippen LogP contribution >= 0.6 is 0 Å².